The molecule has 1 aliphatic heterocycles. The summed E-state index contributed by atoms with van der Waals surface area (Å²) >= 11 is 3.35. The van der Waals surface area contributed by atoms with Gasteiger partial charge < -0.3 is 15.5 Å². The van der Waals surface area contributed by atoms with Crippen molar-refractivity contribution in [3.8, 4) is 5.75 Å². The molecule has 1 heterocycles. The van der Waals surface area contributed by atoms with Crippen LogP contribution in [-0.4, -0.2) is 47.9 Å². The predicted octanol–water partition coefficient (Wildman–Crippen LogP) is 1.48. The smallest absolute Gasteiger partial charge is 0.129 e. The maximum atomic E-state index is 9.55. The summed E-state index contributed by atoms with van der Waals surface area (Å²) in [6, 6.07) is 5.79. The second-order valence-corrected chi connectivity index (χ2v) is 5.38. The van der Waals surface area contributed by atoms with E-state index in [0.29, 0.717) is 4.47 Å². The van der Waals surface area contributed by atoms with Crippen LogP contribution in [0.2, 0.25) is 0 Å². The first-order chi connectivity index (χ1) is 8.72. The van der Waals surface area contributed by atoms with Gasteiger partial charge in [-0.15, -0.1) is 0 Å². The van der Waals surface area contributed by atoms with Crippen molar-refractivity contribution >= 4 is 15.9 Å². The number of piperazine rings is 1. The molecule has 4 nitrogen and oxygen atoms in total. The molecule has 0 amide bonds. The third-order valence-electron chi connectivity index (χ3n) is 3.35. The highest BCUT2D eigenvalue weighted by molar-refractivity contribution is 9.10. The molecule has 2 rings (SSSR count). The average molecular weight is 315 g/mol. The normalized spacial score (nSPS) is 18.8. The number of benzene rings is 1. The number of aliphatic hydroxyl groups excluding tert-OH is 1. The lowest BCUT2D eigenvalue weighted by molar-refractivity contribution is 0.141. The maximum Gasteiger partial charge on any atom is 0.129 e. The van der Waals surface area contributed by atoms with E-state index in [9.17, 15) is 10.2 Å². The Morgan fingerprint density at radius 3 is 2.67 bits per heavy atom. The van der Waals surface area contributed by atoms with Crippen LogP contribution in [0.4, 0.5) is 0 Å². The van der Waals surface area contributed by atoms with E-state index in [1.54, 1.807) is 6.07 Å². The molecule has 0 unspecified atom stereocenters. The van der Waals surface area contributed by atoms with Gasteiger partial charge in [-0.3, -0.25) is 4.90 Å². The summed E-state index contributed by atoms with van der Waals surface area (Å²) in [5.74, 6) is 0.252. The van der Waals surface area contributed by atoms with Crippen LogP contribution in [0.15, 0.2) is 22.7 Å². The van der Waals surface area contributed by atoms with Crippen LogP contribution in [0.25, 0.3) is 0 Å². The Morgan fingerprint density at radius 1 is 1.33 bits per heavy atom. The lowest BCUT2D eigenvalue weighted by Crippen LogP contribution is -2.45. The van der Waals surface area contributed by atoms with E-state index in [0.717, 1.165) is 38.2 Å². The Morgan fingerprint density at radius 2 is 2.06 bits per heavy atom. The molecule has 100 valence electrons. The summed E-state index contributed by atoms with van der Waals surface area (Å²) in [4.78, 5) is 2.38. The van der Waals surface area contributed by atoms with Crippen LogP contribution in [0.1, 0.15) is 18.0 Å². The third-order valence-corrected chi connectivity index (χ3v) is 3.99. The van der Waals surface area contributed by atoms with E-state index in [4.69, 9.17) is 0 Å². The van der Waals surface area contributed by atoms with Gasteiger partial charge in [0.2, 0.25) is 0 Å². The Labute approximate surface area is 116 Å². The van der Waals surface area contributed by atoms with Crippen molar-refractivity contribution in [2.45, 2.75) is 12.5 Å². The molecule has 1 saturated heterocycles. The molecule has 0 spiro atoms. The van der Waals surface area contributed by atoms with Crippen LogP contribution >= 0.6 is 15.9 Å². The highest BCUT2D eigenvalue weighted by atomic mass is 79.9. The zero-order chi connectivity index (χ0) is 13.0. The van der Waals surface area contributed by atoms with Gasteiger partial charge in [-0.1, -0.05) is 6.07 Å². The number of halogens is 1. The highest BCUT2D eigenvalue weighted by Gasteiger charge is 2.22. The van der Waals surface area contributed by atoms with Gasteiger partial charge in [0, 0.05) is 38.8 Å². The van der Waals surface area contributed by atoms with Gasteiger partial charge in [0.1, 0.15) is 5.75 Å². The van der Waals surface area contributed by atoms with Gasteiger partial charge in [0.15, 0.2) is 0 Å². The van der Waals surface area contributed by atoms with Gasteiger partial charge in [0.25, 0.3) is 0 Å². The molecule has 0 aromatic heterocycles. The summed E-state index contributed by atoms with van der Waals surface area (Å²) in [5.41, 5.74) is 1.13. The molecule has 0 radical (unpaired) electrons. The number of hydrogen-bond donors (Lipinski definition) is 3. The van der Waals surface area contributed by atoms with Crippen molar-refractivity contribution in [1.82, 2.24) is 10.2 Å². The molecule has 0 bridgehead atoms. The number of aliphatic hydroxyl groups is 1. The van der Waals surface area contributed by atoms with Gasteiger partial charge in [-0.2, -0.15) is 0 Å². The fraction of sp³-hybridized carbons (Fsp3) is 0.538. The average Bonchev–Trinajstić information content (AvgIpc) is 2.40. The third kappa shape index (κ3) is 3.23. The molecule has 18 heavy (non-hydrogen) atoms. The zero-order valence-electron chi connectivity index (χ0n) is 10.3. The van der Waals surface area contributed by atoms with Crippen molar-refractivity contribution in [2.75, 3.05) is 32.8 Å². The molecule has 1 fully saturated rings. The maximum absolute atomic E-state index is 9.55. The summed E-state index contributed by atoms with van der Waals surface area (Å²) in [6.45, 7) is 4.13. The quantitative estimate of drug-likeness (QED) is 0.788. The molecular weight excluding hydrogens is 296 g/mol. The topological polar surface area (TPSA) is 55.7 Å². The Kier molecular flexibility index (Phi) is 5.00. The molecule has 1 aromatic carbocycles. The Balaban J connectivity index is 2.19. The summed E-state index contributed by atoms with van der Waals surface area (Å²) < 4.78 is 0.707. The van der Waals surface area contributed by atoms with Gasteiger partial charge in [-0.25, -0.2) is 0 Å². The lowest BCUT2D eigenvalue weighted by Gasteiger charge is -2.35. The van der Waals surface area contributed by atoms with Crippen molar-refractivity contribution in [1.29, 1.82) is 0 Å². The first-order valence-electron chi connectivity index (χ1n) is 6.26. The van der Waals surface area contributed by atoms with Crippen LogP contribution in [0.5, 0.6) is 5.75 Å². The van der Waals surface area contributed by atoms with E-state index >= 15 is 0 Å². The van der Waals surface area contributed by atoms with E-state index in [-0.39, 0.29) is 18.4 Å². The summed E-state index contributed by atoms with van der Waals surface area (Å²) in [5, 5.41) is 22.1. The Hall–Kier alpha value is -0.620. The SMILES string of the molecule is OCC[C@H](c1ccc(O)c(Br)c1)N1CCNCC1. The minimum Gasteiger partial charge on any atom is -0.507 e. The molecule has 0 aliphatic carbocycles. The fourth-order valence-electron chi connectivity index (χ4n) is 2.41. The van der Waals surface area contributed by atoms with E-state index < -0.39 is 0 Å². The van der Waals surface area contributed by atoms with Crippen LogP contribution < -0.4 is 5.32 Å². The minimum atomic E-state index is 0.174. The number of phenolic OH excluding ortho intramolecular Hbond substituents is 1. The standard InChI is InChI=1S/C13H19BrN2O2/c14-11-9-10(1-2-13(11)18)12(3-8-17)16-6-4-15-5-7-16/h1-2,9,12,15,17-18H,3-8H2/t12-/m1/s1. The monoisotopic (exact) mass is 314 g/mol. The van der Waals surface area contributed by atoms with Crippen molar-refractivity contribution in [3.63, 3.8) is 0 Å². The van der Waals surface area contributed by atoms with Gasteiger partial charge in [0.05, 0.1) is 4.47 Å². The van der Waals surface area contributed by atoms with Crippen LogP contribution in [0, 0.1) is 0 Å². The molecule has 1 aliphatic rings. The number of rotatable bonds is 4. The van der Waals surface area contributed by atoms with E-state index in [2.05, 4.69) is 26.1 Å². The summed E-state index contributed by atoms with van der Waals surface area (Å²) in [6.07, 6.45) is 0.719. The molecule has 1 atom stereocenters. The number of nitrogens with zero attached hydrogens (tertiary/aromatic N) is 1. The van der Waals surface area contributed by atoms with Crippen molar-refractivity contribution < 1.29 is 10.2 Å². The Bertz CT molecular complexity index is 395. The number of nitrogens with one attached hydrogen (secondary N) is 1. The van der Waals surface area contributed by atoms with Crippen LogP contribution in [-0.2, 0) is 0 Å². The fourth-order valence-corrected chi connectivity index (χ4v) is 2.80. The van der Waals surface area contributed by atoms with Gasteiger partial charge in [-0.05, 0) is 40.0 Å². The lowest BCUT2D eigenvalue weighted by atomic mass is 10.0. The number of hydrogen-bond acceptors (Lipinski definition) is 4. The second kappa shape index (κ2) is 6.52. The van der Waals surface area contributed by atoms with E-state index in [1.807, 2.05) is 12.1 Å². The zero-order valence-corrected chi connectivity index (χ0v) is 11.9. The predicted molar refractivity (Wildman–Crippen MR) is 74.7 cm³/mol. The minimum absolute atomic E-state index is 0.174. The van der Waals surface area contributed by atoms with Crippen molar-refractivity contribution in [3.05, 3.63) is 28.2 Å². The highest BCUT2D eigenvalue weighted by Crippen LogP contribution is 2.31. The molecule has 3 N–H and O–H groups in total. The van der Waals surface area contributed by atoms with E-state index in [1.165, 1.54) is 0 Å². The second-order valence-electron chi connectivity index (χ2n) is 4.52. The molecule has 0 saturated carbocycles. The number of aromatic hydroxyl groups is 1. The number of phenols is 1. The van der Waals surface area contributed by atoms with Crippen LogP contribution in [0.3, 0.4) is 0 Å². The first-order valence-corrected chi connectivity index (χ1v) is 7.05. The van der Waals surface area contributed by atoms with Gasteiger partial charge >= 0.3 is 0 Å². The summed E-state index contributed by atoms with van der Waals surface area (Å²) in [7, 11) is 0. The first kappa shape index (κ1) is 13.8. The molecular formula is C13H19BrN2O2. The van der Waals surface area contributed by atoms with Crippen molar-refractivity contribution in [2.24, 2.45) is 0 Å². The molecule has 1 aromatic rings. The largest absolute Gasteiger partial charge is 0.507 e. The molecule has 5 heteroatoms.